The number of hydrogen-bond donors (Lipinski definition) is 0. The molecule has 1 aliphatic rings. The molecular formula is C13H15FN2O. The molecule has 1 aromatic heterocycles. The van der Waals surface area contributed by atoms with E-state index in [9.17, 15) is 4.39 Å². The van der Waals surface area contributed by atoms with Crippen molar-refractivity contribution in [2.75, 3.05) is 13.2 Å². The average Bonchev–Trinajstić information content (AvgIpc) is 2.73. The van der Waals surface area contributed by atoms with Crippen LogP contribution in [0.2, 0.25) is 0 Å². The van der Waals surface area contributed by atoms with Crippen LogP contribution in [0.25, 0.3) is 10.9 Å². The van der Waals surface area contributed by atoms with Gasteiger partial charge in [-0.2, -0.15) is 5.10 Å². The molecule has 0 radical (unpaired) electrons. The fourth-order valence-corrected chi connectivity index (χ4v) is 2.37. The van der Waals surface area contributed by atoms with Gasteiger partial charge in [0.1, 0.15) is 0 Å². The number of hydrogen-bond acceptors (Lipinski definition) is 2. The first-order chi connectivity index (χ1) is 8.19. The van der Waals surface area contributed by atoms with E-state index in [1.54, 1.807) is 6.20 Å². The van der Waals surface area contributed by atoms with Gasteiger partial charge >= 0.3 is 0 Å². The Labute approximate surface area is 99.2 Å². The molecule has 4 heteroatoms. The third-order valence-electron chi connectivity index (χ3n) is 3.36. The zero-order valence-corrected chi connectivity index (χ0v) is 9.82. The van der Waals surface area contributed by atoms with Crippen LogP contribution >= 0.6 is 0 Å². The molecule has 0 spiro atoms. The highest BCUT2D eigenvalue weighted by Crippen LogP contribution is 2.33. The molecule has 3 rings (SSSR count). The second-order valence-corrected chi connectivity index (χ2v) is 4.65. The molecule has 90 valence electrons. The Morgan fingerprint density at radius 3 is 2.88 bits per heavy atom. The molecule has 0 bridgehead atoms. The van der Waals surface area contributed by atoms with Crippen molar-refractivity contribution in [2.24, 2.45) is 0 Å². The van der Waals surface area contributed by atoms with Gasteiger partial charge in [-0.1, -0.05) is 11.6 Å². The molecule has 1 aliphatic heterocycles. The average molecular weight is 234 g/mol. The Morgan fingerprint density at radius 2 is 2.12 bits per heavy atom. The molecule has 3 nitrogen and oxygen atoms in total. The van der Waals surface area contributed by atoms with Crippen LogP contribution < -0.4 is 0 Å². The molecule has 2 aromatic rings. The number of rotatable bonds is 1. The van der Waals surface area contributed by atoms with Gasteiger partial charge in [0.15, 0.2) is 0 Å². The smallest absolute Gasteiger partial charge is 0.206 e. The Bertz CT molecular complexity index is 543. The van der Waals surface area contributed by atoms with Gasteiger partial charge in [0, 0.05) is 18.2 Å². The van der Waals surface area contributed by atoms with Gasteiger partial charge in [-0.05, 0) is 19.1 Å². The first kappa shape index (κ1) is 10.7. The highest BCUT2D eigenvalue weighted by Gasteiger charge is 2.36. The third kappa shape index (κ3) is 1.72. The summed E-state index contributed by atoms with van der Waals surface area (Å²) in [6.07, 6.45) is 2.48. The minimum absolute atomic E-state index is 0.373. The lowest BCUT2D eigenvalue weighted by molar-refractivity contribution is -0.0615. The number of aromatic nitrogens is 2. The lowest BCUT2D eigenvalue weighted by Crippen LogP contribution is -2.36. The van der Waals surface area contributed by atoms with Crippen molar-refractivity contribution in [3.05, 3.63) is 30.0 Å². The van der Waals surface area contributed by atoms with E-state index in [0.717, 1.165) is 16.5 Å². The molecule has 0 unspecified atom stereocenters. The van der Waals surface area contributed by atoms with Crippen molar-refractivity contribution >= 4 is 10.9 Å². The van der Waals surface area contributed by atoms with E-state index in [4.69, 9.17) is 4.74 Å². The zero-order chi connectivity index (χ0) is 11.9. The van der Waals surface area contributed by atoms with Gasteiger partial charge in [-0.15, -0.1) is 0 Å². The van der Waals surface area contributed by atoms with Gasteiger partial charge < -0.3 is 4.74 Å². The van der Waals surface area contributed by atoms with E-state index in [2.05, 4.69) is 5.10 Å². The first-order valence-electron chi connectivity index (χ1n) is 5.91. The molecule has 0 N–H and O–H groups in total. The largest absolute Gasteiger partial charge is 0.381 e. The molecule has 0 saturated carbocycles. The van der Waals surface area contributed by atoms with Gasteiger partial charge in [-0.25, -0.2) is 9.07 Å². The molecule has 2 heterocycles. The Hall–Kier alpha value is -1.42. The predicted molar refractivity (Wildman–Crippen MR) is 63.6 cm³/mol. The molecule has 1 saturated heterocycles. The van der Waals surface area contributed by atoms with Crippen molar-refractivity contribution in [1.82, 2.24) is 9.78 Å². The van der Waals surface area contributed by atoms with Crippen molar-refractivity contribution in [3.63, 3.8) is 0 Å². The first-order valence-corrected chi connectivity index (χ1v) is 5.91. The van der Waals surface area contributed by atoms with Crippen LogP contribution in [0.4, 0.5) is 4.39 Å². The number of benzene rings is 1. The highest BCUT2D eigenvalue weighted by molar-refractivity contribution is 5.79. The SMILES string of the molecule is Cc1ccc2c(cnn2C2(F)CCOCC2)c1. The molecule has 1 aromatic carbocycles. The van der Waals surface area contributed by atoms with Gasteiger partial charge in [-0.3, -0.25) is 0 Å². The Kier molecular flexibility index (Phi) is 2.40. The second-order valence-electron chi connectivity index (χ2n) is 4.65. The molecule has 0 atom stereocenters. The van der Waals surface area contributed by atoms with Crippen LogP contribution in [0.1, 0.15) is 18.4 Å². The van der Waals surface area contributed by atoms with Crippen LogP contribution in [0.15, 0.2) is 24.4 Å². The molecule has 17 heavy (non-hydrogen) atoms. The van der Waals surface area contributed by atoms with Crippen molar-refractivity contribution < 1.29 is 9.13 Å². The summed E-state index contributed by atoms with van der Waals surface area (Å²) < 4.78 is 21.5. The van der Waals surface area contributed by atoms with Crippen molar-refractivity contribution in [2.45, 2.75) is 25.6 Å². The Morgan fingerprint density at radius 1 is 1.35 bits per heavy atom. The minimum atomic E-state index is -1.39. The molecular weight excluding hydrogens is 219 g/mol. The maximum absolute atomic E-state index is 14.8. The van der Waals surface area contributed by atoms with E-state index in [1.807, 2.05) is 25.1 Å². The molecule has 0 amide bonds. The van der Waals surface area contributed by atoms with Crippen LogP contribution in [0.3, 0.4) is 0 Å². The zero-order valence-electron chi connectivity index (χ0n) is 9.82. The van der Waals surface area contributed by atoms with E-state index in [0.29, 0.717) is 26.1 Å². The third-order valence-corrected chi connectivity index (χ3v) is 3.36. The van der Waals surface area contributed by atoms with Crippen LogP contribution in [-0.2, 0) is 10.5 Å². The van der Waals surface area contributed by atoms with E-state index >= 15 is 0 Å². The number of aryl methyl sites for hydroxylation is 1. The standard InChI is InChI=1S/C13H15FN2O/c1-10-2-3-12-11(8-10)9-15-16(12)13(14)4-6-17-7-5-13/h2-3,8-9H,4-7H2,1H3. The maximum atomic E-state index is 14.8. The van der Waals surface area contributed by atoms with E-state index in [-0.39, 0.29) is 0 Å². The fraction of sp³-hybridized carbons (Fsp3) is 0.462. The van der Waals surface area contributed by atoms with E-state index in [1.165, 1.54) is 4.68 Å². The normalized spacial score (nSPS) is 19.6. The van der Waals surface area contributed by atoms with E-state index < -0.39 is 5.79 Å². The summed E-state index contributed by atoms with van der Waals surface area (Å²) in [5, 5.41) is 5.21. The van der Waals surface area contributed by atoms with Crippen LogP contribution in [-0.4, -0.2) is 23.0 Å². The summed E-state index contributed by atoms with van der Waals surface area (Å²) >= 11 is 0. The Balaban J connectivity index is 2.10. The summed E-state index contributed by atoms with van der Waals surface area (Å²) in [7, 11) is 0. The topological polar surface area (TPSA) is 27.1 Å². The van der Waals surface area contributed by atoms with Gasteiger partial charge in [0.05, 0.1) is 24.9 Å². The summed E-state index contributed by atoms with van der Waals surface area (Å²) in [5.41, 5.74) is 2.02. The van der Waals surface area contributed by atoms with Gasteiger partial charge in [0.2, 0.25) is 5.79 Å². The molecule has 1 fully saturated rings. The molecule has 0 aliphatic carbocycles. The van der Waals surface area contributed by atoms with Crippen molar-refractivity contribution in [3.8, 4) is 0 Å². The number of alkyl halides is 1. The fourth-order valence-electron chi connectivity index (χ4n) is 2.37. The summed E-state index contributed by atoms with van der Waals surface area (Å²) in [4.78, 5) is 0. The summed E-state index contributed by atoms with van der Waals surface area (Å²) in [6, 6.07) is 5.96. The highest BCUT2D eigenvalue weighted by atomic mass is 19.1. The number of fused-ring (bicyclic) bond motifs is 1. The number of halogens is 1. The van der Waals surface area contributed by atoms with Crippen LogP contribution in [0, 0.1) is 6.92 Å². The maximum Gasteiger partial charge on any atom is 0.206 e. The van der Waals surface area contributed by atoms with Crippen molar-refractivity contribution in [1.29, 1.82) is 0 Å². The number of ether oxygens (including phenoxy) is 1. The predicted octanol–water partition coefficient (Wildman–Crippen LogP) is 2.78. The summed E-state index contributed by atoms with van der Waals surface area (Å²) in [5.74, 6) is -1.39. The minimum Gasteiger partial charge on any atom is -0.381 e. The second kappa shape index (κ2) is 3.81. The monoisotopic (exact) mass is 234 g/mol. The lowest BCUT2D eigenvalue weighted by Gasteiger charge is -2.30. The quantitative estimate of drug-likeness (QED) is 0.758. The summed E-state index contributed by atoms with van der Waals surface area (Å²) in [6.45, 7) is 2.95. The van der Waals surface area contributed by atoms with Crippen LogP contribution in [0.5, 0.6) is 0 Å². The number of nitrogens with zero attached hydrogens (tertiary/aromatic N) is 2. The van der Waals surface area contributed by atoms with Gasteiger partial charge in [0.25, 0.3) is 0 Å². The lowest BCUT2D eigenvalue weighted by atomic mass is 10.1.